The van der Waals surface area contributed by atoms with Crippen LogP contribution in [0.3, 0.4) is 0 Å². The predicted octanol–water partition coefficient (Wildman–Crippen LogP) is 2.53. The van der Waals surface area contributed by atoms with Gasteiger partial charge in [0, 0.05) is 29.2 Å². The third-order valence-corrected chi connectivity index (χ3v) is 4.47. The van der Waals surface area contributed by atoms with Gasteiger partial charge in [-0.05, 0) is 50.5 Å². The Morgan fingerprint density at radius 3 is 2.81 bits per heavy atom. The number of rotatable bonds is 2. The maximum atomic E-state index is 12.7. The van der Waals surface area contributed by atoms with Crippen molar-refractivity contribution in [3.8, 4) is 0 Å². The van der Waals surface area contributed by atoms with E-state index in [1.807, 2.05) is 11.8 Å². The molecule has 0 aromatic heterocycles. The monoisotopic (exact) mass is 306 g/mol. The molecule has 0 aliphatic carbocycles. The second kappa shape index (κ2) is 5.35. The molecule has 21 heavy (non-hydrogen) atoms. The van der Waals surface area contributed by atoms with Gasteiger partial charge < -0.3 is 15.3 Å². The number of carbonyl (C=O) groups excluding carboxylic acids is 1. The Morgan fingerprint density at radius 1 is 1.38 bits per heavy atom. The molecule has 0 unspecified atom stereocenters. The molecular weight excluding hydrogens is 288 g/mol. The van der Waals surface area contributed by atoms with Crippen molar-refractivity contribution < 1.29 is 9.90 Å². The van der Waals surface area contributed by atoms with Crippen molar-refractivity contribution >= 4 is 17.4 Å². The molecule has 2 N–H and O–H groups in total. The minimum Gasteiger partial charge on any atom is -0.371 e. The van der Waals surface area contributed by atoms with Crippen LogP contribution >= 0.6 is 11.6 Å². The molecule has 4 nitrogen and oxygen atoms in total. The van der Waals surface area contributed by atoms with E-state index in [0.29, 0.717) is 23.4 Å². The van der Waals surface area contributed by atoms with Crippen LogP contribution in [0, 0.1) is 0 Å². The van der Waals surface area contributed by atoms with Crippen molar-refractivity contribution in [3.63, 3.8) is 0 Å². The second-order valence-corrected chi connectivity index (χ2v) is 6.25. The van der Waals surface area contributed by atoms with Crippen molar-refractivity contribution in [2.45, 2.75) is 31.9 Å². The van der Waals surface area contributed by atoms with E-state index in [-0.39, 0.29) is 5.78 Å². The van der Waals surface area contributed by atoms with E-state index in [4.69, 9.17) is 11.6 Å². The Balaban J connectivity index is 1.98. The molecule has 1 aromatic rings. The van der Waals surface area contributed by atoms with Gasteiger partial charge in [0.05, 0.1) is 0 Å². The minimum absolute atomic E-state index is 0.0107. The molecule has 3 rings (SSSR count). The van der Waals surface area contributed by atoms with E-state index in [9.17, 15) is 9.90 Å². The van der Waals surface area contributed by atoms with Crippen LogP contribution in [0.4, 0.5) is 0 Å². The molecule has 1 atom stereocenters. The molecule has 2 aliphatic heterocycles. The van der Waals surface area contributed by atoms with Crippen molar-refractivity contribution in [3.05, 3.63) is 46.2 Å². The van der Waals surface area contributed by atoms with E-state index in [1.54, 1.807) is 24.3 Å². The first kappa shape index (κ1) is 14.4. The SMILES string of the molecule is C[C@@]1(O)CCC(C(=O)c2ccc(Cl)cc2)=C2NCCCN21. The van der Waals surface area contributed by atoms with Crippen molar-refractivity contribution in [2.75, 3.05) is 13.1 Å². The van der Waals surface area contributed by atoms with Crippen molar-refractivity contribution in [1.29, 1.82) is 0 Å². The highest BCUT2D eigenvalue weighted by atomic mass is 35.5. The molecule has 1 aromatic carbocycles. The number of benzene rings is 1. The van der Waals surface area contributed by atoms with Crippen LogP contribution in [0.2, 0.25) is 5.02 Å². The summed E-state index contributed by atoms with van der Waals surface area (Å²) in [6.45, 7) is 3.41. The van der Waals surface area contributed by atoms with E-state index in [0.717, 1.165) is 30.9 Å². The first-order valence-corrected chi connectivity index (χ1v) is 7.64. The van der Waals surface area contributed by atoms with E-state index < -0.39 is 5.72 Å². The molecular formula is C16H19ClN2O2. The van der Waals surface area contributed by atoms with Gasteiger partial charge in [0.2, 0.25) is 0 Å². The lowest BCUT2D eigenvalue weighted by molar-refractivity contribution is -0.0964. The third-order valence-electron chi connectivity index (χ3n) is 4.22. The number of hydrogen-bond acceptors (Lipinski definition) is 4. The average Bonchev–Trinajstić information content (AvgIpc) is 2.48. The smallest absolute Gasteiger partial charge is 0.192 e. The van der Waals surface area contributed by atoms with Crippen LogP contribution in [-0.2, 0) is 0 Å². The molecule has 2 heterocycles. The summed E-state index contributed by atoms with van der Waals surface area (Å²) in [4.78, 5) is 14.6. The number of fused-ring (bicyclic) bond motifs is 1. The van der Waals surface area contributed by atoms with Gasteiger partial charge in [-0.25, -0.2) is 0 Å². The Labute approximate surface area is 129 Å². The lowest BCUT2D eigenvalue weighted by Gasteiger charge is -2.47. The summed E-state index contributed by atoms with van der Waals surface area (Å²) in [5.74, 6) is 0.800. The molecule has 0 spiro atoms. The molecule has 2 aliphatic rings. The minimum atomic E-state index is -0.882. The Hall–Kier alpha value is -1.52. The Morgan fingerprint density at radius 2 is 2.10 bits per heavy atom. The number of nitrogens with one attached hydrogen (secondary N) is 1. The second-order valence-electron chi connectivity index (χ2n) is 5.81. The number of Topliss-reactive ketones (excluding diaryl/α,β-unsaturated/α-hetero) is 1. The molecule has 1 saturated heterocycles. The zero-order valence-electron chi connectivity index (χ0n) is 12.0. The molecule has 0 saturated carbocycles. The first-order chi connectivity index (χ1) is 9.99. The van der Waals surface area contributed by atoms with Crippen molar-refractivity contribution in [2.24, 2.45) is 0 Å². The van der Waals surface area contributed by atoms with Gasteiger partial charge in [-0.3, -0.25) is 4.79 Å². The quantitative estimate of drug-likeness (QED) is 0.825. The van der Waals surface area contributed by atoms with Gasteiger partial charge >= 0.3 is 0 Å². The Kier molecular flexibility index (Phi) is 3.68. The maximum absolute atomic E-state index is 12.7. The van der Waals surface area contributed by atoms with Gasteiger partial charge in [0.25, 0.3) is 0 Å². The van der Waals surface area contributed by atoms with Crippen LogP contribution in [0.1, 0.15) is 36.5 Å². The van der Waals surface area contributed by atoms with Crippen LogP contribution in [0.15, 0.2) is 35.7 Å². The van der Waals surface area contributed by atoms with E-state index in [1.165, 1.54) is 0 Å². The number of hydrogen-bond donors (Lipinski definition) is 2. The maximum Gasteiger partial charge on any atom is 0.192 e. The zero-order chi connectivity index (χ0) is 15.0. The first-order valence-electron chi connectivity index (χ1n) is 7.26. The fraction of sp³-hybridized carbons (Fsp3) is 0.438. The summed E-state index contributed by atoms with van der Waals surface area (Å²) in [5.41, 5.74) is 0.506. The molecule has 112 valence electrons. The summed E-state index contributed by atoms with van der Waals surface area (Å²) >= 11 is 5.87. The highest BCUT2D eigenvalue weighted by molar-refractivity contribution is 6.30. The Bertz CT molecular complexity index is 593. The van der Waals surface area contributed by atoms with E-state index in [2.05, 4.69) is 5.32 Å². The van der Waals surface area contributed by atoms with E-state index >= 15 is 0 Å². The van der Waals surface area contributed by atoms with Crippen LogP contribution in [0.5, 0.6) is 0 Å². The molecule has 0 bridgehead atoms. The third kappa shape index (κ3) is 2.65. The van der Waals surface area contributed by atoms with Crippen LogP contribution < -0.4 is 5.32 Å². The van der Waals surface area contributed by atoms with Gasteiger partial charge in [-0.15, -0.1) is 0 Å². The molecule has 0 radical (unpaired) electrons. The number of halogens is 1. The van der Waals surface area contributed by atoms with Crippen LogP contribution in [-0.4, -0.2) is 34.6 Å². The topological polar surface area (TPSA) is 52.6 Å². The summed E-state index contributed by atoms with van der Waals surface area (Å²) < 4.78 is 0. The summed E-state index contributed by atoms with van der Waals surface area (Å²) in [6, 6.07) is 6.95. The zero-order valence-corrected chi connectivity index (χ0v) is 12.8. The van der Waals surface area contributed by atoms with Gasteiger partial charge in [-0.2, -0.15) is 0 Å². The lowest BCUT2D eigenvalue weighted by Crippen LogP contribution is -2.55. The number of carbonyl (C=O) groups is 1. The fourth-order valence-corrected chi connectivity index (χ4v) is 3.14. The fourth-order valence-electron chi connectivity index (χ4n) is 3.01. The number of ketones is 1. The largest absolute Gasteiger partial charge is 0.371 e. The van der Waals surface area contributed by atoms with Crippen molar-refractivity contribution in [1.82, 2.24) is 10.2 Å². The highest BCUT2D eigenvalue weighted by Crippen LogP contribution is 2.34. The summed E-state index contributed by atoms with van der Waals surface area (Å²) in [6.07, 6.45) is 2.10. The normalized spacial score (nSPS) is 25.4. The molecule has 5 heteroatoms. The standard InChI is InChI=1S/C16H19ClN2O2/c1-16(21)8-7-13(15-18-9-2-10-19(15)16)14(20)11-3-5-12(17)6-4-11/h3-6,18,21H,2,7-10H2,1H3/t16-/m1/s1. The number of aliphatic hydroxyl groups is 1. The lowest BCUT2D eigenvalue weighted by atomic mass is 9.90. The number of allylic oxidation sites excluding steroid dienone is 1. The predicted molar refractivity (Wildman–Crippen MR) is 82.0 cm³/mol. The summed E-state index contributed by atoms with van der Waals surface area (Å²) in [5, 5.41) is 14.4. The average molecular weight is 307 g/mol. The highest BCUT2D eigenvalue weighted by Gasteiger charge is 2.39. The van der Waals surface area contributed by atoms with Crippen LogP contribution in [0.25, 0.3) is 0 Å². The number of nitrogens with zero attached hydrogens (tertiary/aromatic N) is 1. The summed E-state index contributed by atoms with van der Waals surface area (Å²) in [7, 11) is 0. The van der Waals surface area contributed by atoms with Gasteiger partial charge in [-0.1, -0.05) is 11.6 Å². The molecule has 0 amide bonds. The van der Waals surface area contributed by atoms with Gasteiger partial charge in [0.15, 0.2) is 5.78 Å². The van der Waals surface area contributed by atoms with Gasteiger partial charge in [0.1, 0.15) is 11.5 Å². The molecule has 1 fully saturated rings.